The maximum atomic E-state index is 15.5. The lowest BCUT2D eigenvalue weighted by molar-refractivity contribution is -0.113. The summed E-state index contributed by atoms with van der Waals surface area (Å²) in [5, 5.41) is 12.3. The molecule has 2 aromatic heterocycles. The molecule has 0 saturated heterocycles. The van der Waals surface area contributed by atoms with Gasteiger partial charge in [0.1, 0.15) is 11.5 Å². The zero-order valence-electron chi connectivity index (χ0n) is 19.3. The number of halogens is 1. The first-order valence-corrected chi connectivity index (χ1v) is 11.3. The van der Waals surface area contributed by atoms with Crippen LogP contribution in [0.1, 0.15) is 66.6 Å². The molecule has 2 heterocycles. The number of hydrogen-bond donors (Lipinski definition) is 3. The molecule has 1 fully saturated rings. The van der Waals surface area contributed by atoms with Gasteiger partial charge in [0.25, 0.3) is 0 Å². The minimum absolute atomic E-state index is 0.0529. The van der Waals surface area contributed by atoms with E-state index in [-0.39, 0.29) is 34.6 Å². The van der Waals surface area contributed by atoms with Crippen LogP contribution in [0, 0.1) is 11.2 Å². The number of fused-ring (bicyclic) bond motifs is 1. The molecule has 7 heteroatoms. The first-order chi connectivity index (χ1) is 16.3. The van der Waals surface area contributed by atoms with E-state index in [0.717, 1.165) is 36.1 Å². The highest BCUT2D eigenvalue weighted by molar-refractivity contribution is 6.20. The van der Waals surface area contributed by atoms with Crippen molar-refractivity contribution in [3.05, 3.63) is 76.9 Å². The molecule has 0 spiro atoms. The molecular formula is C27H27FN4O2. The van der Waals surface area contributed by atoms with Crippen molar-refractivity contribution >= 4 is 40.1 Å². The van der Waals surface area contributed by atoms with Gasteiger partial charge in [-0.2, -0.15) is 0 Å². The zero-order valence-corrected chi connectivity index (χ0v) is 19.3. The Morgan fingerprint density at radius 3 is 2.71 bits per heavy atom. The molecule has 4 rings (SSSR count). The second-order valence-electron chi connectivity index (χ2n) is 8.60. The Kier molecular flexibility index (Phi) is 6.54. The number of pyridine rings is 1. The predicted molar refractivity (Wildman–Crippen MR) is 133 cm³/mol. The lowest BCUT2D eigenvalue weighted by Crippen LogP contribution is -2.13. The van der Waals surface area contributed by atoms with Crippen LogP contribution in [-0.4, -0.2) is 33.3 Å². The Morgan fingerprint density at radius 1 is 1.29 bits per heavy atom. The highest BCUT2D eigenvalue weighted by Crippen LogP contribution is 2.35. The molecule has 3 N–H and O–H groups in total. The lowest BCUT2D eigenvalue weighted by Gasteiger charge is -2.12. The van der Waals surface area contributed by atoms with Crippen molar-refractivity contribution < 1.29 is 14.0 Å². The summed E-state index contributed by atoms with van der Waals surface area (Å²) >= 11 is 0. The van der Waals surface area contributed by atoms with Crippen LogP contribution < -0.4 is 5.32 Å². The van der Waals surface area contributed by atoms with E-state index in [4.69, 9.17) is 5.41 Å². The van der Waals surface area contributed by atoms with Gasteiger partial charge in [0.15, 0.2) is 11.6 Å². The standard InChI is InChI=1S/C27H27FN4O2/c1-4-15(3)11-18(33)12-22(29)19-7-6-8-20(24(19)28)26(34)21-14-31-27-23(21)25(32-17-9-10-17)16(5-2)13-30-27/h5-8,11,13-14,17,29H,2,4,9-10,12H2,1,3H3,(H2,30,31,32). The third kappa shape index (κ3) is 4.59. The highest BCUT2D eigenvalue weighted by Gasteiger charge is 2.27. The SMILES string of the molecule is C=Cc1cnc2[nH]cc(C(=O)c3cccc(C(=N)CC(=O)C=C(C)CC)c3F)c2c1NC1CC1. The van der Waals surface area contributed by atoms with E-state index in [0.29, 0.717) is 17.1 Å². The minimum Gasteiger partial charge on any atom is -0.381 e. The summed E-state index contributed by atoms with van der Waals surface area (Å²) in [4.78, 5) is 33.1. The number of allylic oxidation sites excluding steroid dienone is 2. The minimum atomic E-state index is -0.805. The van der Waals surface area contributed by atoms with Crippen LogP contribution in [0.25, 0.3) is 17.1 Å². The molecule has 1 aromatic carbocycles. The number of anilines is 1. The summed E-state index contributed by atoms with van der Waals surface area (Å²) in [6.45, 7) is 7.61. The van der Waals surface area contributed by atoms with Crippen molar-refractivity contribution in [2.75, 3.05) is 5.32 Å². The summed E-state index contributed by atoms with van der Waals surface area (Å²) in [6.07, 6.45) is 8.93. The van der Waals surface area contributed by atoms with Crippen molar-refractivity contribution in [2.24, 2.45) is 0 Å². The number of carbonyl (C=O) groups is 2. The van der Waals surface area contributed by atoms with E-state index in [2.05, 4.69) is 21.9 Å². The number of ketones is 2. The molecule has 0 atom stereocenters. The van der Waals surface area contributed by atoms with Gasteiger partial charge in [0.2, 0.25) is 0 Å². The van der Waals surface area contributed by atoms with Crippen molar-refractivity contribution in [3.8, 4) is 0 Å². The van der Waals surface area contributed by atoms with Crippen molar-refractivity contribution in [3.63, 3.8) is 0 Å². The van der Waals surface area contributed by atoms with Gasteiger partial charge in [-0.05, 0) is 38.3 Å². The second-order valence-corrected chi connectivity index (χ2v) is 8.60. The number of benzene rings is 1. The smallest absolute Gasteiger partial charge is 0.198 e. The summed E-state index contributed by atoms with van der Waals surface area (Å²) < 4.78 is 15.5. The number of aromatic nitrogens is 2. The molecule has 1 aliphatic rings. The molecule has 6 nitrogen and oxygen atoms in total. The van der Waals surface area contributed by atoms with E-state index in [9.17, 15) is 9.59 Å². The van der Waals surface area contributed by atoms with Crippen LogP contribution in [0.5, 0.6) is 0 Å². The number of aromatic amines is 1. The van der Waals surface area contributed by atoms with Crippen LogP contribution in [-0.2, 0) is 4.79 Å². The Hall–Kier alpha value is -3.87. The Labute approximate surface area is 197 Å². The fraction of sp³-hybridized carbons (Fsp3) is 0.259. The van der Waals surface area contributed by atoms with E-state index < -0.39 is 11.6 Å². The van der Waals surface area contributed by atoms with E-state index in [1.165, 1.54) is 30.5 Å². The van der Waals surface area contributed by atoms with Crippen LogP contribution in [0.15, 0.2) is 48.8 Å². The summed E-state index contributed by atoms with van der Waals surface area (Å²) in [5.74, 6) is -1.59. The Balaban J connectivity index is 1.71. The quantitative estimate of drug-likeness (QED) is 0.202. The largest absolute Gasteiger partial charge is 0.381 e. The van der Waals surface area contributed by atoms with E-state index >= 15 is 4.39 Å². The van der Waals surface area contributed by atoms with Gasteiger partial charge < -0.3 is 15.7 Å². The van der Waals surface area contributed by atoms with Gasteiger partial charge in [-0.3, -0.25) is 9.59 Å². The van der Waals surface area contributed by atoms with Gasteiger partial charge in [0.05, 0.1) is 28.6 Å². The molecule has 174 valence electrons. The normalized spacial score (nSPS) is 13.7. The third-order valence-electron chi connectivity index (χ3n) is 6.01. The van der Waals surface area contributed by atoms with Gasteiger partial charge in [0, 0.05) is 35.3 Å². The van der Waals surface area contributed by atoms with E-state index in [1.54, 1.807) is 12.3 Å². The van der Waals surface area contributed by atoms with E-state index in [1.807, 2.05) is 13.8 Å². The zero-order chi connectivity index (χ0) is 24.4. The first-order valence-electron chi connectivity index (χ1n) is 11.3. The molecule has 3 aromatic rings. The number of H-pyrrole nitrogens is 1. The van der Waals surface area contributed by atoms with Gasteiger partial charge >= 0.3 is 0 Å². The Morgan fingerprint density at radius 2 is 2.03 bits per heavy atom. The topological polar surface area (TPSA) is 98.7 Å². The third-order valence-corrected chi connectivity index (χ3v) is 6.01. The number of nitrogens with zero attached hydrogens (tertiary/aromatic N) is 1. The maximum absolute atomic E-state index is 15.5. The van der Waals surface area contributed by atoms with Crippen LogP contribution >= 0.6 is 0 Å². The number of hydrogen-bond acceptors (Lipinski definition) is 5. The fourth-order valence-corrected chi connectivity index (χ4v) is 3.81. The van der Waals surface area contributed by atoms with Crippen molar-refractivity contribution in [1.29, 1.82) is 5.41 Å². The molecule has 1 saturated carbocycles. The van der Waals surface area contributed by atoms with Crippen LogP contribution in [0.2, 0.25) is 0 Å². The molecule has 0 unspecified atom stereocenters. The van der Waals surface area contributed by atoms with Crippen LogP contribution in [0.4, 0.5) is 10.1 Å². The molecule has 34 heavy (non-hydrogen) atoms. The molecular weight excluding hydrogens is 431 g/mol. The fourth-order valence-electron chi connectivity index (χ4n) is 3.81. The first kappa shape index (κ1) is 23.3. The van der Waals surface area contributed by atoms with Gasteiger partial charge in [-0.15, -0.1) is 0 Å². The number of nitrogens with one attached hydrogen (secondary N) is 3. The maximum Gasteiger partial charge on any atom is 0.198 e. The summed E-state index contributed by atoms with van der Waals surface area (Å²) in [7, 11) is 0. The molecule has 0 amide bonds. The van der Waals surface area contributed by atoms with Gasteiger partial charge in [-0.1, -0.05) is 37.3 Å². The lowest BCUT2D eigenvalue weighted by atomic mass is 9.96. The number of carbonyl (C=O) groups excluding carboxylic acids is 2. The average Bonchev–Trinajstić information content (AvgIpc) is 3.53. The second kappa shape index (κ2) is 9.55. The average molecular weight is 459 g/mol. The summed E-state index contributed by atoms with van der Waals surface area (Å²) in [6, 6.07) is 4.68. The Bertz CT molecular complexity index is 1350. The monoisotopic (exact) mass is 458 g/mol. The molecule has 0 radical (unpaired) electrons. The molecule has 0 bridgehead atoms. The number of rotatable bonds is 10. The summed E-state index contributed by atoms with van der Waals surface area (Å²) in [5.41, 5.74) is 2.84. The molecule has 1 aliphatic carbocycles. The van der Waals surface area contributed by atoms with Crippen molar-refractivity contribution in [1.82, 2.24) is 9.97 Å². The van der Waals surface area contributed by atoms with Gasteiger partial charge in [-0.25, -0.2) is 9.37 Å². The highest BCUT2D eigenvalue weighted by atomic mass is 19.1. The van der Waals surface area contributed by atoms with Crippen LogP contribution in [0.3, 0.4) is 0 Å². The predicted octanol–water partition coefficient (Wildman–Crippen LogP) is 5.83. The molecule has 0 aliphatic heterocycles. The van der Waals surface area contributed by atoms with Crippen molar-refractivity contribution in [2.45, 2.75) is 45.6 Å².